The van der Waals surface area contributed by atoms with Crippen molar-refractivity contribution in [2.45, 2.75) is 60.3 Å². The van der Waals surface area contributed by atoms with Crippen LogP contribution in [-0.2, 0) is 0 Å². The highest BCUT2D eigenvalue weighted by molar-refractivity contribution is 4.96. The largest absolute Gasteiger partial charge is 0.0999 e. The van der Waals surface area contributed by atoms with Gasteiger partial charge in [-0.3, -0.25) is 0 Å². The maximum atomic E-state index is 4.11. The third-order valence-corrected chi connectivity index (χ3v) is 2.79. The molecule has 0 heterocycles. The van der Waals surface area contributed by atoms with E-state index in [9.17, 15) is 0 Å². The van der Waals surface area contributed by atoms with E-state index in [0.717, 1.165) is 17.8 Å². The molecule has 0 aliphatic rings. The second-order valence-corrected chi connectivity index (χ2v) is 5.50. The first kappa shape index (κ1) is 13.7. The van der Waals surface area contributed by atoms with Gasteiger partial charge in [-0.15, -0.1) is 0 Å². The fourth-order valence-electron chi connectivity index (χ4n) is 1.91. The Balaban J connectivity index is 3.80. The first-order valence-electron chi connectivity index (χ1n) is 6.08. The van der Waals surface area contributed by atoms with E-state index in [1.54, 1.807) is 0 Å². The van der Waals surface area contributed by atoms with Crippen LogP contribution in [0.5, 0.6) is 0 Å². The predicted molar refractivity (Wildman–Crippen MR) is 66.4 cm³/mol. The van der Waals surface area contributed by atoms with Crippen molar-refractivity contribution in [3.8, 4) is 0 Å². The first-order chi connectivity index (χ1) is 6.43. The van der Waals surface area contributed by atoms with Crippen molar-refractivity contribution in [1.82, 2.24) is 0 Å². The Morgan fingerprint density at radius 2 is 1.57 bits per heavy atom. The molecule has 0 fully saturated rings. The molecule has 0 saturated carbocycles. The second kappa shape index (κ2) is 7.09. The lowest BCUT2D eigenvalue weighted by Gasteiger charge is -2.19. The van der Waals surface area contributed by atoms with E-state index in [-0.39, 0.29) is 0 Å². The van der Waals surface area contributed by atoms with Crippen LogP contribution >= 0.6 is 0 Å². The van der Waals surface area contributed by atoms with Crippen molar-refractivity contribution < 1.29 is 0 Å². The molecular formula is C14H28. The molecule has 0 bridgehead atoms. The highest BCUT2D eigenvalue weighted by Crippen LogP contribution is 2.25. The Morgan fingerprint density at radius 3 is 1.93 bits per heavy atom. The summed E-state index contributed by atoms with van der Waals surface area (Å²) < 4.78 is 0. The van der Waals surface area contributed by atoms with Gasteiger partial charge in [0.15, 0.2) is 0 Å². The molecule has 0 aromatic rings. The normalized spacial score (nSPS) is 13.6. The molecule has 0 aromatic carbocycles. The third kappa shape index (κ3) is 7.17. The molecule has 0 aliphatic carbocycles. The Morgan fingerprint density at radius 1 is 1.00 bits per heavy atom. The molecule has 0 rings (SSSR count). The molecule has 1 unspecified atom stereocenters. The predicted octanol–water partition coefficient (Wildman–Crippen LogP) is 5.05. The van der Waals surface area contributed by atoms with E-state index in [1.807, 2.05) is 0 Å². The van der Waals surface area contributed by atoms with Gasteiger partial charge in [-0.1, -0.05) is 52.7 Å². The lowest BCUT2D eigenvalue weighted by atomic mass is 9.87. The minimum atomic E-state index is 0.758. The highest BCUT2D eigenvalue weighted by atomic mass is 14.2. The molecule has 0 aromatic heterocycles. The molecule has 0 saturated heterocycles. The standard InChI is InChI=1S/C14H28/c1-11(2)8-7-9-14(13(5)6)10-12(3)4/h11-12,14H,5,7-10H2,1-4,6H3. The van der Waals surface area contributed by atoms with Gasteiger partial charge in [0.2, 0.25) is 0 Å². The van der Waals surface area contributed by atoms with Crippen molar-refractivity contribution in [3.05, 3.63) is 12.2 Å². The molecule has 0 radical (unpaired) electrons. The van der Waals surface area contributed by atoms with Gasteiger partial charge in [-0.25, -0.2) is 0 Å². The smallest absolute Gasteiger partial charge is 0.0206 e. The van der Waals surface area contributed by atoms with Gasteiger partial charge >= 0.3 is 0 Å². The summed E-state index contributed by atoms with van der Waals surface area (Å²) in [5.74, 6) is 2.41. The maximum absolute atomic E-state index is 4.11. The van der Waals surface area contributed by atoms with Crippen molar-refractivity contribution in [2.24, 2.45) is 17.8 Å². The average molecular weight is 196 g/mol. The molecule has 0 N–H and O–H groups in total. The van der Waals surface area contributed by atoms with Crippen molar-refractivity contribution in [2.75, 3.05) is 0 Å². The molecule has 0 spiro atoms. The first-order valence-corrected chi connectivity index (χ1v) is 6.08. The zero-order chi connectivity index (χ0) is 11.1. The van der Waals surface area contributed by atoms with Crippen molar-refractivity contribution in [3.63, 3.8) is 0 Å². The SMILES string of the molecule is C=C(C)C(CCCC(C)C)CC(C)C. The van der Waals surface area contributed by atoms with Crippen LogP contribution in [-0.4, -0.2) is 0 Å². The fraction of sp³-hybridized carbons (Fsp3) is 0.857. The minimum Gasteiger partial charge on any atom is -0.0999 e. The van der Waals surface area contributed by atoms with E-state index in [1.165, 1.54) is 31.3 Å². The summed E-state index contributed by atoms with van der Waals surface area (Å²) in [7, 11) is 0. The zero-order valence-corrected chi connectivity index (χ0v) is 10.8. The summed E-state index contributed by atoms with van der Waals surface area (Å²) in [6.45, 7) is 15.5. The van der Waals surface area contributed by atoms with Gasteiger partial charge in [0.1, 0.15) is 0 Å². The van der Waals surface area contributed by atoms with E-state index >= 15 is 0 Å². The van der Waals surface area contributed by atoms with Crippen LogP contribution in [0.25, 0.3) is 0 Å². The van der Waals surface area contributed by atoms with Gasteiger partial charge in [-0.05, 0) is 37.5 Å². The van der Waals surface area contributed by atoms with Crippen LogP contribution in [0.4, 0.5) is 0 Å². The van der Waals surface area contributed by atoms with Gasteiger partial charge in [0.25, 0.3) is 0 Å². The minimum absolute atomic E-state index is 0.758. The van der Waals surface area contributed by atoms with Crippen LogP contribution in [0.3, 0.4) is 0 Å². The summed E-state index contributed by atoms with van der Waals surface area (Å²) in [5, 5.41) is 0. The zero-order valence-electron chi connectivity index (χ0n) is 10.8. The van der Waals surface area contributed by atoms with Crippen molar-refractivity contribution in [1.29, 1.82) is 0 Å². The molecule has 0 aliphatic heterocycles. The van der Waals surface area contributed by atoms with Crippen LogP contribution in [0.2, 0.25) is 0 Å². The second-order valence-electron chi connectivity index (χ2n) is 5.50. The highest BCUT2D eigenvalue weighted by Gasteiger charge is 2.11. The molecule has 14 heavy (non-hydrogen) atoms. The summed E-state index contributed by atoms with van der Waals surface area (Å²) in [4.78, 5) is 0. The number of hydrogen-bond donors (Lipinski definition) is 0. The Labute approximate surface area is 90.8 Å². The third-order valence-electron chi connectivity index (χ3n) is 2.79. The number of rotatable bonds is 7. The van der Waals surface area contributed by atoms with E-state index in [2.05, 4.69) is 41.2 Å². The summed E-state index contributed by atoms with van der Waals surface area (Å²) in [6.07, 6.45) is 5.38. The van der Waals surface area contributed by atoms with Gasteiger partial charge in [-0.2, -0.15) is 0 Å². The van der Waals surface area contributed by atoms with Gasteiger partial charge < -0.3 is 0 Å². The van der Waals surface area contributed by atoms with Gasteiger partial charge in [0.05, 0.1) is 0 Å². The van der Waals surface area contributed by atoms with Crippen LogP contribution < -0.4 is 0 Å². The van der Waals surface area contributed by atoms with E-state index in [0.29, 0.717) is 0 Å². The maximum Gasteiger partial charge on any atom is -0.0206 e. The molecule has 0 heteroatoms. The summed E-state index contributed by atoms with van der Waals surface area (Å²) >= 11 is 0. The van der Waals surface area contributed by atoms with Crippen LogP contribution in [0.1, 0.15) is 60.3 Å². The number of allylic oxidation sites excluding steroid dienone is 1. The molecule has 0 nitrogen and oxygen atoms in total. The van der Waals surface area contributed by atoms with E-state index in [4.69, 9.17) is 0 Å². The van der Waals surface area contributed by atoms with Crippen molar-refractivity contribution >= 4 is 0 Å². The van der Waals surface area contributed by atoms with Crippen LogP contribution in [0, 0.1) is 17.8 Å². The molecular weight excluding hydrogens is 168 g/mol. The fourth-order valence-corrected chi connectivity index (χ4v) is 1.91. The van der Waals surface area contributed by atoms with Gasteiger partial charge in [0, 0.05) is 0 Å². The Bertz CT molecular complexity index is 153. The quantitative estimate of drug-likeness (QED) is 0.500. The lowest BCUT2D eigenvalue weighted by molar-refractivity contribution is 0.405. The Hall–Kier alpha value is -0.260. The summed E-state index contributed by atoms with van der Waals surface area (Å²) in [6, 6.07) is 0. The monoisotopic (exact) mass is 196 g/mol. The Kier molecular flexibility index (Phi) is 6.96. The van der Waals surface area contributed by atoms with Crippen LogP contribution in [0.15, 0.2) is 12.2 Å². The average Bonchev–Trinajstić information content (AvgIpc) is 2.00. The number of hydrogen-bond acceptors (Lipinski definition) is 0. The topological polar surface area (TPSA) is 0 Å². The molecule has 0 amide bonds. The molecule has 84 valence electrons. The molecule has 1 atom stereocenters. The summed E-state index contributed by atoms with van der Waals surface area (Å²) in [5.41, 5.74) is 1.38. The lowest BCUT2D eigenvalue weighted by Crippen LogP contribution is -2.06. The van der Waals surface area contributed by atoms with E-state index < -0.39 is 0 Å².